The van der Waals surface area contributed by atoms with Crippen molar-refractivity contribution in [1.82, 2.24) is 5.32 Å². The van der Waals surface area contributed by atoms with E-state index in [0.717, 1.165) is 6.42 Å². The first-order valence-corrected chi connectivity index (χ1v) is 3.68. The monoisotopic (exact) mass is 171 g/mol. The average Bonchev–Trinajstić information content (AvgIpc) is 2.03. The summed E-state index contributed by atoms with van der Waals surface area (Å²) in [7, 11) is 1.24. The van der Waals surface area contributed by atoms with Gasteiger partial charge in [0.15, 0.2) is 0 Å². The Hall–Kier alpha value is -1.32. The minimum absolute atomic E-state index is 0.0176. The zero-order valence-electron chi connectivity index (χ0n) is 7.35. The van der Waals surface area contributed by atoms with Gasteiger partial charge in [0, 0.05) is 6.42 Å². The maximum atomic E-state index is 10.9. The molecule has 0 aromatic carbocycles. The lowest BCUT2D eigenvalue weighted by Crippen LogP contribution is -2.26. The number of amides is 1. The van der Waals surface area contributed by atoms with Crippen LogP contribution in [0.3, 0.4) is 0 Å². The molecule has 4 nitrogen and oxygen atoms in total. The summed E-state index contributed by atoms with van der Waals surface area (Å²) in [5.74, 6) is -0.827. The van der Waals surface area contributed by atoms with Crippen molar-refractivity contribution in [1.29, 1.82) is 0 Å². The smallest absolute Gasteiger partial charge is 0.353 e. The van der Waals surface area contributed by atoms with E-state index in [1.807, 2.05) is 6.92 Å². The van der Waals surface area contributed by atoms with Gasteiger partial charge in [-0.3, -0.25) is 4.79 Å². The van der Waals surface area contributed by atoms with Gasteiger partial charge in [0.05, 0.1) is 7.11 Å². The number of esters is 1. The van der Waals surface area contributed by atoms with Gasteiger partial charge in [-0.05, 0) is 6.42 Å². The summed E-state index contributed by atoms with van der Waals surface area (Å²) in [6.07, 6.45) is 1.12. The molecule has 0 bridgehead atoms. The molecule has 1 amide bonds. The molecule has 0 saturated heterocycles. The summed E-state index contributed by atoms with van der Waals surface area (Å²) in [5, 5.41) is 2.32. The number of rotatable bonds is 4. The first-order valence-electron chi connectivity index (χ1n) is 3.68. The van der Waals surface area contributed by atoms with E-state index >= 15 is 0 Å². The van der Waals surface area contributed by atoms with Crippen molar-refractivity contribution in [3.8, 4) is 0 Å². The van der Waals surface area contributed by atoms with Crippen LogP contribution in [0.15, 0.2) is 12.3 Å². The highest BCUT2D eigenvalue weighted by Gasteiger charge is 2.08. The SMILES string of the molecule is C=C(NC(=O)CCC)C(=O)OC. The van der Waals surface area contributed by atoms with Crippen LogP contribution >= 0.6 is 0 Å². The molecule has 0 heterocycles. The van der Waals surface area contributed by atoms with Crippen molar-refractivity contribution in [2.24, 2.45) is 0 Å². The quantitative estimate of drug-likeness (QED) is 0.497. The molecule has 0 aliphatic heterocycles. The molecule has 0 spiro atoms. The Kier molecular flexibility index (Phi) is 4.76. The number of ether oxygens (including phenoxy) is 1. The third-order valence-electron chi connectivity index (χ3n) is 1.20. The third kappa shape index (κ3) is 3.75. The number of methoxy groups -OCH3 is 1. The molecule has 0 fully saturated rings. The van der Waals surface area contributed by atoms with Crippen LogP contribution in [0.2, 0.25) is 0 Å². The maximum absolute atomic E-state index is 10.9. The van der Waals surface area contributed by atoms with E-state index in [4.69, 9.17) is 0 Å². The van der Waals surface area contributed by atoms with Gasteiger partial charge >= 0.3 is 5.97 Å². The van der Waals surface area contributed by atoms with Crippen molar-refractivity contribution < 1.29 is 14.3 Å². The molecule has 12 heavy (non-hydrogen) atoms. The molecule has 0 atom stereocenters. The topological polar surface area (TPSA) is 55.4 Å². The van der Waals surface area contributed by atoms with Gasteiger partial charge in [-0.15, -0.1) is 0 Å². The van der Waals surface area contributed by atoms with E-state index in [9.17, 15) is 9.59 Å². The number of carbonyl (C=O) groups excluding carboxylic acids is 2. The van der Waals surface area contributed by atoms with Crippen molar-refractivity contribution in [2.45, 2.75) is 19.8 Å². The second-order valence-corrected chi connectivity index (χ2v) is 2.27. The van der Waals surface area contributed by atoms with E-state index in [-0.39, 0.29) is 11.6 Å². The van der Waals surface area contributed by atoms with Crippen LogP contribution < -0.4 is 5.32 Å². The number of carbonyl (C=O) groups is 2. The Morgan fingerprint density at radius 2 is 2.08 bits per heavy atom. The predicted octanol–water partition coefficient (Wildman–Crippen LogP) is 0.589. The first kappa shape index (κ1) is 10.7. The van der Waals surface area contributed by atoms with Gasteiger partial charge in [-0.1, -0.05) is 13.5 Å². The van der Waals surface area contributed by atoms with Crippen LogP contribution in [-0.2, 0) is 14.3 Å². The van der Waals surface area contributed by atoms with Crippen LogP contribution in [0.25, 0.3) is 0 Å². The Balaban J connectivity index is 3.84. The zero-order valence-corrected chi connectivity index (χ0v) is 7.35. The fourth-order valence-electron chi connectivity index (χ4n) is 0.632. The molecule has 0 rings (SSSR count). The predicted molar refractivity (Wildman–Crippen MR) is 44.2 cm³/mol. The van der Waals surface area contributed by atoms with Crippen LogP contribution in [0.1, 0.15) is 19.8 Å². The molecule has 0 unspecified atom stereocenters. The van der Waals surface area contributed by atoms with E-state index in [1.165, 1.54) is 7.11 Å². The minimum atomic E-state index is -0.612. The lowest BCUT2D eigenvalue weighted by Gasteiger charge is -2.04. The second kappa shape index (κ2) is 5.35. The van der Waals surface area contributed by atoms with E-state index in [1.54, 1.807) is 0 Å². The molecule has 0 aromatic heterocycles. The van der Waals surface area contributed by atoms with Crippen LogP contribution in [0.4, 0.5) is 0 Å². The highest BCUT2D eigenvalue weighted by Crippen LogP contribution is 1.91. The maximum Gasteiger partial charge on any atom is 0.353 e. The van der Waals surface area contributed by atoms with Crippen molar-refractivity contribution in [2.75, 3.05) is 7.11 Å². The lowest BCUT2D eigenvalue weighted by molar-refractivity contribution is -0.137. The molecule has 68 valence electrons. The Morgan fingerprint density at radius 3 is 2.50 bits per heavy atom. The standard InChI is InChI=1S/C8H13NO3/c1-4-5-7(10)9-6(2)8(11)12-3/h2,4-5H2,1,3H3,(H,9,10). The summed E-state index contributed by atoms with van der Waals surface area (Å²) < 4.78 is 4.34. The van der Waals surface area contributed by atoms with Gasteiger partial charge < -0.3 is 10.1 Å². The normalized spacial score (nSPS) is 8.83. The highest BCUT2D eigenvalue weighted by molar-refractivity contribution is 5.93. The Labute approximate surface area is 71.6 Å². The van der Waals surface area contributed by atoms with Crippen molar-refractivity contribution in [3.63, 3.8) is 0 Å². The Bertz CT molecular complexity index is 198. The average molecular weight is 171 g/mol. The zero-order chi connectivity index (χ0) is 9.56. The summed E-state index contributed by atoms with van der Waals surface area (Å²) in [6.45, 7) is 5.22. The van der Waals surface area contributed by atoms with Crippen molar-refractivity contribution >= 4 is 11.9 Å². The van der Waals surface area contributed by atoms with E-state index in [2.05, 4.69) is 16.6 Å². The molecule has 0 aliphatic carbocycles. The highest BCUT2D eigenvalue weighted by atomic mass is 16.5. The van der Waals surface area contributed by atoms with Crippen LogP contribution in [-0.4, -0.2) is 19.0 Å². The molecule has 0 radical (unpaired) electrons. The molecular formula is C8H13NO3. The third-order valence-corrected chi connectivity index (χ3v) is 1.20. The van der Waals surface area contributed by atoms with Crippen molar-refractivity contribution in [3.05, 3.63) is 12.3 Å². The number of hydrogen-bond acceptors (Lipinski definition) is 3. The first-order chi connectivity index (χ1) is 5.61. The number of nitrogens with one attached hydrogen (secondary N) is 1. The summed E-state index contributed by atoms with van der Waals surface area (Å²) in [6, 6.07) is 0. The van der Waals surface area contributed by atoms with Gasteiger partial charge in [0.2, 0.25) is 5.91 Å². The number of hydrogen-bond donors (Lipinski definition) is 1. The molecule has 1 N–H and O–H groups in total. The van der Waals surface area contributed by atoms with Crippen LogP contribution in [0, 0.1) is 0 Å². The fourth-order valence-corrected chi connectivity index (χ4v) is 0.632. The van der Waals surface area contributed by atoms with Gasteiger partial charge in [-0.2, -0.15) is 0 Å². The largest absolute Gasteiger partial charge is 0.464 e. The van der Waals surface area contributed by atoms with E-state index in [0.29, 0.717) is 6.42 Å². The molecule has 0 saturated carbocycles. The molecule has 4 heteroatoms. The molecule has 0 aromatic rings. The fraction of sp³-hybridized carbons (Fsp3) is 0.500. The second-order valence-electron chi connectivity index (χ2n) is 2.27. The molecular weight excluding hydrogens is 158 g/mol. The molecule has 0 aliphatic rings. The van der Waals surface area contributed by atoms with Gasteiger partial charge in [0.25, 0.3) is 0 Å². The summed E-state index contributed by atoms with van der Waals surface area (Å²) in [4.78, 5) is 21.6. The van der Waals surface area contributed by atoms with Crippen LogP contribution in [0.5, 0.6) is 0 Å². The lowest BCUT2D eigenvalue weighted by atomic mass is 10.3. The minimum Gasteiger partial charge on any atom is -0.464 e. The summed E-state index contributed by atoms with van der Waals surface area (Å²) in [5.41, 5.74) is -0.0176. The van der Waals surface area contributed by atoms with Gasteiger partial charge in [-0.25, -0.2) is 4.79 Å². The summed E-state index contributed by atoms with van der Waals surface area (Å²) >= 11 is 0. The Morgan fingerprint density at radius 1 is 1.50 bits per heavy atom. The van der Waals surface area contributed by atoms with E-state index < -0.39 is 5.97 Å². The van der Waals surface area contributed by atoms with Gasteiger partial charge in [0.1, 0.15) is 5.70 Å².